The summed E-state index contributed by atoms with van der Waals surface area (Å²) in [6.07, 6.45) is 1.19. The molecule has 1 aliphatic carbocycles. The van der Waals surface area contributed by atoms with Crippen LogP contribution < -0.4 is 4.74 Å². The Bertz CT molecular complexity index is 917. The molecule has 2 aliphatic rings. The number of carbonyl (C=O) groups excluding carboxylic acids is 2. The fourth-order valence-electron chi connectivity index (χ4n) is 3.99. The molecular formula is C22H20O5. The van der Waals surface area contributed by atoms with Gasteiger partial charge in [0, 0.05) is 12.0 Å². The zero-order chi connectivity index (χ0) is 19.0. The van der Waals surface area contributed by atoms with E-state index in [2.05, 4.69) is 0 Å². The largest absolute Gasteiger partial charge is 0.486 e. The number of ketones is 1. The quantitative estimate of drug-likeness (QED) is 0.848. The van der Waals surface area contributed by atoms with Gasteiger partial charge in [-0.1, -0.05) is 48.5 Å². The van der Waals surface area contributed by atoms with Crippen LogP contribution >= 0.6 is 0 Å². The molecule has 4 rings (SSSR count). The average Bonchev–Trinajstić information content (AvgIpc) is 2.69. The van der Waals surface area contributed by atoms with E-state index in [1.54, 1.807) is 49.4 Å². The smallest absolute Gasteiger partial charge is 0.334 e. The zero-order valence-electron chi connectivity index (χ0n) is 14.9. The van der Waals surface area contributed by atoms with Gasteiger partial charge >= 0.3 is 5.97 Å². The first-order chi connectivity index (χ1) is 13.1. The molecule has 2 aromatic rings. The van der Waals surface area contributed by atoms with Gasteiger partial charge in [0.2, 0.25) is 5.78 Å². The van der Waals surface area contributed by atoms with E-state index in [0.717, 1.165) is 0 Å². The monoisotopic (exact) mass is 364 g/mol. The Hall–Kier alpha value is -2.92. The molecule has 1 aliphatic heterocycles. The third kappa shape index (κ3) is 2.66. The topological polar surface area (TPSA) is 72.8 Å². The number of para-hydroxylation sites is 1. The molecule has 0 saturated carbocycles. The van der Waals surface area contributed by atoms with Crippen molar-refractivity contribution >= 4 is 11.8 Å². The number of Topliss-reactive ketones (excluding diaryl/α,β-unsaturated/α-hetero) is 1. The standard InChI is InChI=1S/C22H20O5/c1-2-26-21(24)16-12-13-18-22(25,19(16)14-8-4-3-5-9-14)20(23)15-10-6-7-11-17(15)27-18/h3-12,18-19,25H,2,13H2,1H3/t18-,19-,22-/m1/s1. The summed E-state index contributed by atoms with van der Waals surface area (Å²) in [5.41, 5.74) is -0.604. The highest BCUT2D eigenvalue weighted by Gasteiger charge is 2.59. The minimum absolute atomic E-state index is 0.215. The maximum Gasteiger partial charge on any atom is 0.334 e. The maximum absolute atomic E-state index is 13.4. The lowest BCUT2D eigenvalue weighted by Crippen LogP contribution is -2.61. The predicted octanol–water partition coefficient (Wildman–Crippen LogP) is 3.04. The van der Waals surface area contributed by atoms with Gasteiger partial charge in [-0.2, -0.15) is 0 Å². The van der Waals surface area contributed by atoms with E-state index in [4.69, 9.17) is 9.47 Å². The number of rotatable bonds is 3. The molecule has 0 radical (unpaired) electrons. The molecule has 138 valence electrons. The van der Waals surface area contributed by atoms with Crippen LogP contribution in [0.25, 0.3) is 0 Å². The molecule has 0 spiro atoms. The van der Waals surface area contributed by atoms with Crippen molar-refractivity contribution in [2.45, 2.75) is 31.0 Å². The minimum atomic E-state index is -1.88. The van der Waals surface area contributed by atoms with Crippen molar-refractivity contribution in [3.63, 3.8) is 0 Å². The molecule has 0 amide bonds. The fourth-order valence-corrected chi connectivity index (χ4v) is 3.99. The first-order valence-corrected chi connectivity index (χ1v) is 9.02. The van der Waals surface area contributed by atoms with Gasteiger partial charge < -0.3 is 14.6 Å². The Kier molecular flexibility index (Phi) is 4.32. The summed E-state index contributed by atoms with van der Waals surface area (Å²) in [6, 6.07) is 15.9. The van der Waals surface area contributed by atoms with E-state index >= 15 is 0 Å². The summed E-state index contributed by atoms with van der Waals surface area (Å²) in [6.45, 7) is 1.94. The number of aliphatic hydroxyl groups is 1. The number of hydrogen-bond donors (Lipinski definition) is 1. The number of benzene rings is 2. The summed E-state index contributed by atoms with van der Waals surface area (Å²) >= 11 is 0. The summed E-state index contributed by atoms with van der Waals surface area (Å²) in [7, 11) is 0. The third-order valence-corrected chi connectivity index (χ3v) is 5.20. The molecule has 2 aromatic carbocycles. The van der Waals surface area contributed by atoms with Crippen LogP contribution in [-0.4, -0.2) is 35.2 Å². The van der Waals surface area contributed by atoms with Gasteiger partial charge in [0.1, 0.15) is 11.9 Å². The van der Waals surface area contributed by atoms with Gasteiger partial charge in [-0.15, -0.1) is 0 Å². The molecule has 5 nitrogen and oxygen atoms in total. The highest BCUT2D eigenvalue weighted by atomic mass is 16.5. The van der Waals surface area contributed by atoms with Crippen molar-refractivity contribution in [3.05, 3.63) is 77.4 Å². The highest BCUT2D eigenvalue weighted by molar-refractivity contribution is 6.08. The Labute approximate surface area is 157 Å². The zero-order valence-corrected chi connectivity index (χ0v) is 14.9. The lowest BCUT2D eigenvalue weighted by atomic mass is 9.65. The van der Waals surface area contributed by atoms with Crippen LogP contribution in [0.4, 0.5) is 0 Å². The first-order valence-electron chi connectivity index (χ1n) is 9.02. The van der Waals surface area contributed by atoms with Crippen molar-refractivity contribution < 1.29 is 24.2 Å². The molecule has 3 atom stereocenters. The Morgan fingerprint density at radius 2 is 1.89 bits per heavy atom. The summed E-state index contributed by atoms with van der Waals surface area (Å²) in [5.74, 6) is -1.36. The molecule has 1 N–H and O–H groups in total. The van der Waals surface area contributed by atoms with E-state index in [1.807, 2.05) is 18.2 Å². The fraction of sp³-hybridized carbons (Fsp3) is 0.273. The number of ether oxygens (including phenoxy) is 2. The molecule has 0 unspecified atom stereocenters. The molecule has 5 heteroatoms. The Balaban J connectivity index is 1.89. The van der Waals surface area contributed by atoms with Crippen LogP contribution in [0.2, 0.25) is 0 Å². The molecule has 0 aromatic heterocycles. The molecule has 0 fully saturated rings. The Morgan fingerprint density at radius 3 is 2.63 bits per heavy atom. The van der Waals surface area contributed by atoms with E-state index < -0.39 is 29.4 Å². The minimum Gasteiger partial charge on any atom is -0.486 e. The summed E-state index contributed by atoms with van der Waals surface area (Å²) in [5, 5.41) is 11.7. The second kappa shape index (κ2) is 6.67. The second-order valence-corrected chi connectivity index (χ2v) is 6.72. The van der Waals surface area contributed by atoms with Gasteiger partial charge in [0.25, 0.3) is 0 Å². The number of carbonyl (C=O) groups is 2. The van der Waals surface area contributed by atoms with Crippen LogP contribution in [-0.2, 0) is 9.53 Å². The van der Waals surface area contributed by atoms with Gasteiger partial charge in [-0.25, -0.2) is 4.79 Å². The van der Waals surface area contributed by atoms with E-state index in [9.17, 15) is 14.7 Å². The molecule has 27 heavy (non-hydrogen) atoms. The van der Waals surface area contributed by atoms with Gasteiger partial charge in [0.05, 0.1) is 18.1 Å². The van der Waals surface area contributed by atoms with E-state index in [-0.39, 0.29) is 18.6 Å². The first kappa shape index (κ1) is 17.5. The van der Waals surface area contributed by atoms with Gasteiger partial charge in [-0.05, 0) is 24.6 Å². The van der Waals surface area contributed by atoms with Crippen molar-refractivity contribution in [3.8, 4) is 5.75 Å². The molecule has 0 saturated heterocycles. The Morgan fingerprint density at radius 1 is 1.19 bits per heavy atom. The summed E-state index contributed by atoms with van der Waals surface area (Å²) < 4.78 is 11.2. The van der Waals surface area contributed by atoms with E-state index in [0.29, 0.717) is 16.9 Å². The predicted molar refractivity (Wildman–Crippen MR) is 98.7 cm³/mol. The second-order valence-electron chi connectivity index (χ2n) is 6.72. The molecule has 0 bridgehead atoms. The van der Waals surface area contributed by atoms with E-state index in [1.165, 1.54) is 0 Å². The SMILES string of the molecule is CCOC(=O)C1=CC[C@H]2Oc3ccccc3C(=O)[C@]2(O)[C@@H]1c1ccccc1. The summed E-state index contributed by atoms with van der Waals surface area (Å²) in [4.78, 5) is 26.0. The van der Waals surface area contributed by atoms with Crippen molar-refractivity contribution in [1.29, 1.82) is 0 Å². The number of esters is 1. The maximum atomic E-state index is 13.4. The number of hydrogen-bond acceptors (Lipinski definition) is 5. The van der Waals surface area contributed by atoms with Gasteiger partial charge in [-0.3, -0.25) is 4.79 Å². The number of fused-ring (bicyclic) bond motifs is 2. The van der Waals surface area contributed by atoms with Gasteiger partial charge in [0.15, 0.2) is 5.60 Å². The lowest BCUT2D eigenvalue weighted by molar-refractivity contribution is -0.140. The normalized spacial score (nSPS) is 26.3. The molecular weight excluding hydrogens is 344 g/mol. The van der Waals surface area contributed by atoms with Crippen molar-refractivity contribution in [1.82, 2.24) is 0 Å². The molecule has 1 heterocycles. The third-order valence-electron chi connectivity index (χ3n) is 5.20. The van der Waals surface area contributed by atoms with Crippen LogP contribution in [0, 0.1) is 0 Å². The van der Waals surface area contributed by atoms with Crippen molar-refractivity contribution in [2.75, 3.05) is 6.61 Å². The van der Waals surface area contributed by atoms with Crippen LogP contribution in [0.5, 0.6) is 5.75 Å². The van der Waals surface area contributed by atoms with Crippen LogP contribution in [0.15, 0.2) is 66.2 Å². The highest BCUT2D eigenvalue weighted by Crippen LogP contribution is 2.48. The van der Waals surface area contributed by atoms with Crippen molar-refractivity contribution in [2.24, 2.45) is 0 Å². The van der Waals surface area contributed by atoms with Crippen LogP contribution in [0.1, 0.15) is 35.2 Å². The van der Waals surface area contributed by atoms with Crippen LogP contribution in [0.3, 0.4) is 0 Å². The lowest BCUT2D eigenvalue weighted by Gasteiger charge is -2.46. The average molecular weight is 364 g/mol.